The molecule has 5 unspecified atom stereocenters. The molecule has 0 bridgehead atoms. The normalized spacial score (nSPS) is 28.4. The number of hydrogen-bond acceptors (Lipinski definition) is 7. The maximum Gasteiger partial charge on any atom is 0.269 e. The Kier molecular flexibility index (Phi) is 5.43. The standard InChI is InChI=1S/C25H22N2O7S/c1-14-11-17(28)12-19-21(14)24(29)25(30)22-20(15-5-3-2-4-6-15)13-26(23(19)22)35(33,34)18-9-7-16(8-10-18)27(31)32/h2-10,13-14,19,21-23H,11-12H2,1H3. The second-order valence-electron chi connectivity index (χ2n) is 9.35. The Hall–Kier alpha value is -3.66. The van der Waals surface area contributed by atoms with Crippen LogP contribution >= 0.6 is 0 Å². The molecule has 0 radical (unpaired) electrons. The molecule has 10 heteroatoms. The predicted octanol–water partition coefficient (Wildman–Crippen LogP) is 3.01. The molecule has 0 saturated heterocycles. The van der Waals surface area contributed by atoms with Gasteiger partial charge in [0.2, 0.25) is 11.6 Å². The van der Waals surface area contributed by atoms with E-state index in [2.05, 4.69) is 0 Å². The molecule has 1 heterocycles. The van der Waals surface area contributed by atoms with Crippen LogP contribution in [0.3, 0.4) is 0 Å². The van der Waals surface area contributed by atoms with Gasteiger partial charge in [-0.15, -0.1) is 0 Å². The van der Waals surface area contributed by atoms with Gasteiger partial charge in [-0.25, -0.2) is 8.42 Å². The minimum absolute atomic E-state index is 0.0113. The highest BCUT2D eigenvalue weighted by Crippen LogP contribution is 2.51. The lowest BCUT2D eigenvalue weighted by atomic mass is 9.59. The third kappa shape index (κ3) is 3.59. The Morgan fingerprint density at radius 1 is 0.943 bits per heavy atom. The minimum Gasteiger partial charge on any atom is -0.300 e. The molecule has 0 N–H and O–H groups in total. The van der Waals surface area contributed by atoms with Crippen molar-refractivity contribution < 1.29 is 27.7 Å². The zero-order valence-corrected chi connectivity index (χ0v) is 19.6. The van der Waals surface area contributed by atoms with Crippen molar-refractivity contribution in [2.75, 3.05) is 0 Å². The first kappa shape index (κ1) is 23.1. The first-order chi connectivity index (χ1) is 16.6. The van der Waals surface area contributed by atoms with Crippen LogP contribution in [0.25, 0.3) is 5.57 Å². The van der Waals surface area contributed by atoms with Gasteiger partial charge in [0.15, 0.2) is 0 Å². The van der Waals surface area contributed by atoms with Gasteiger partial charge in [0.05, 0.1) is 21.8 Å². The lowest BCUT2D eigenvalue weighted by molar-refractivity contribution is -0.384. The van der Waals surface area contributed by atoms with Crippen molar-refractivity contribution in [3.05, 3.63) is 76.5 Å². The third-order valence-electron chi connectivity index (χ3n) is 7.32. The van der Waals surface area contributed by atoms with Crippen LogP contribution in [-0.2, 0) is 24.4 Å². The van der Waals surface area contributed by atoms with Crippen molar-refractivity contribution in [1.82, 2.24) is 4.31 Å². The van der Waals surface area contributed by atoms with E-state index < -0.39 is 50.3 Å². The second-order valence-corrected chi connectivity index (χ2v) is 11.2. The first-order valence-corrected chi connectivity index (χ1v) is 12.7. The molecule has 0 aromatic heterocycles. The summed E-state index contributed by atoms with van der Waals surface area (Å²) in [5.41, 5.74) is 0.760. The Morgan fingerprint density at radius 3 is 2.23 bits per heavy atom. The van der Waals surface area contributed by atoms with Crippen LogP contribution in [0, 0.1) is 33.8 Å². The van der Waals surface area contributed by atoms with Crippen LogP contribution in [-0.4, -0.2) is 41.0 Å². The monoisotopic (exact) mass is 494 g/mol. The van der Waals surface area contributed by atoms with Crippen molar-refractivity contribution in [1.29, 1.82) is 0 Å². The van der Waals surface area contributed by atoms with Gasteiger partial charge in [-0.05, 0) is 35.1 Å². The van der Waals surface area contributed by atoms with E-state index in [1.807, 2.05) is 0 Å². The summed E-state index contributed by atoms with van der Waals surface area (Å²) in [5.74, 6) is -4.05. The van der Waals surface area contributed by atoms with Crippen LogP contribution in [0.5, 0.6) is 0 Å². The molecule has 2 aromatic rings. The predicted molar refractivity (Wildman–Crippen MR) is 124 cm³/mol. The number of non-ortho nitro benzene ring substituents is 1. The molecule has 9 nitrogen and oxygen atoms in total. The van der Waals surface area contributed by atoms with Crippen molar-refractivity contribution >= 4 is 38.6 Å². The summed E-state index contributed by atoms with van der Waals surface area (Å²) in [6.45, 7) is 1.75. The van der Waals surface area contributed by atoms with E-state index in [-0.39, 0.29) is 35.1 Å². The number of ketones is 3. The van der Waals surface area contributed by atoms with Gasteiger partial charge in [-0.2, -0.15) is 0 Å². The molecule has 180 valence electrons. The Labute approximate surface area is 201 Å². The number of fused-ring (bicyclic) bond motifs is 3. The van der Waals surface area contributed by atoms with E-state index in [0.717, 1.165) is 28.6 Å². The van der Waals surface area contributed by atoms with E-state index in [4.69, 9.17) is 0 Å². The van der Waals surface area contributed by atoms with Gasteiger partial charge in [0.25, 0.3) is 15.7 Å². The zero-order valence-electron chi connectivity index (χ0n) is 18.7. The number of nitro benzene ring substituents is 1. The molecular weight excluding hydrogens is 472 g/mol. The van der Waals surface area contributed by atoms with Gasteiger partial charge in [-0.3, -0.25) is 28.8 Å². The van der Waals surface area contributed by atoms with Crippen molar-refractivity contribution in [2.24, 2.45) is 23.7 Å². The Balaban J connectivity index is 1.67. The molecule has 1 aliphatic heterocycles. The van der Waals surface area contributed by atoms with Crippen molar-refractivity contribution in [3.63, 3.8) is 0 Å². The number of rotatable bonds is 4. The molecule has 35 heavy (non-hydrogen) atoms. The number of sulfonamides is 1. The van der Waals surface area contributed by atoms with E-state index >= 15 is 0 Å². The van der Waals surface area contributed by atoms with Gasteiger partial charge in [0, 0.05) is 37.1 Å². The number of carbonyl (C=O) groups is 3. The number of nitrogens with zero attached hydrogens (tertiary/aromatic N) is 2. The average molecular weight is 495 g/mol. The van der Waals surface area contributed by atoms with E-state index in [9.17, 15) is 32.9 Å². The zero-order chi connectivity index (χ0) is 25.1. The van der Waals surface area contributed by atoms with Gasteiger partial charge < -0.3 is 0 Å². The molecule has 2 aromatic carbocycles. The average Bonchev–Trinajstić information content (AvgIpc) is 3.25. The fourth-order valence-electron chi connectivity index (χ4n) is 5.83. The SMILES string of the molecule is CC1CC(=O)CC2C1C(=O)C(=O)C1C(c3ccccc3)=CN(S(=O)(=O)c3ccc([N+](=O)[O-])cc3)C12. The summed E-state index contributed by atoms with van der Waals surface area (Å²) in [5, 5.41) is 11.0. The fraction of sp³-hybridized carbons (Fsp3) is 0.320. The number of nitro groups is 1. The quantitative estimate of drug-likeness (QED) is 0.363. The molecule has 5 rings (SSSR count). The third-order valence-corrected chi connectivity index (χ3v) is 9.09. The molecule has 2 fully saturated rings. The lowest BCUT2D eigenvalue weighted by Crippen LogP contribution is -2.58. The van der Waals surface area contributed by atoms with Gasteiger partial charge in [0.1, 0.15) is 5.78 Å². The summed E-state index contributed by atoms with van der Waals surface area (Å²) in [6, 6.07) is 12.3. The number of carbonyl (C=O) groups excluding carboxylic acids is 3. The van der Waals surface area contributed by atoms with Gasteiger partial charge in [-0.1, -0.05) is 37.3 Å². The summed E-state index contributed by atoms with van der Waals surface area (Å²) in [7, 11) is -4.26. The molecule has 0 spiro atoms. The first-order valence-electron chi connectivity index (χ1n) is 11.3. The molecule has 0 amide bonds. The van der Waals surface area contributed by atoms with Crippen LogP contribution in [0.1, 0.15) is 25.3 Å². The summed E-state index contributed by atoms with van der Waals surface area (Å²) < 4.78 is 28.7. The van der Waals surface area contributed by atoms with Crippen LogP contribution in [0.4, 0.5) is 5.69 Å². The van der Waals surface area contributed by atoms with Crippen LogP contribution in [0.15, 0.2) is 65.7 Å². The van der Waals surface area contributed by atoms with Crippen LogP contribution < -0.4 is 0 Å². The largest absolute Gasteiger partial charge is 0.300 e. The maximum absolute atomic E-state index is 13.8. The summed E-state index contributed by atoms with van der Waals surface area (Å²) >= 11 is 0. The molecule has 3 aliphatic rings. The smallest absolute Gasteiger partial charge is 0.269 e. The van der Waals surface area contributed by atoms with E-state index in [1.165, 1.54) is 6.20 Å². The Morgan fingerprint density at radius 2 is 1.60 bits per heavy atom. The van der Waals surface area contributed by atoms with Gasteiger partial charge >= 0.3 is 0 Å². The maximum atomic E-state index is 13.8. The number of benzene rings is 2. The van der Waals surface area contributed by atoms with E-state index in [1.54, 1.807) is 37.3 Å². The lowest BCUT2D eigenvalue weighted by Gasteiger charge is -2.46. The van der Waals surface area contributed by atoms with E-state index in [0.29, 0.717) is 11.1 Å². The molecule has 2 saturated carbocycles. The summed E-state index contributed by atoms with van der Waals surface area (Å²) in [6.07, 6.45) is 1.57. The Bertz CT molecular complexity index is 1380. The molecule has 5 atom stereocenters. The molecular formula is C25H22N2O7S. The highest BCUT2D eigenvalue weighted by molar-refractivity contribution is 7.89. The highest BCUT2D eigenvalue weighted by atomic mass is 32.2. The second kappa shape index (κ2) is 8.23. The molecule has 2 aliphatic carbocycles. The summed E-state index contributed by atoms with van der Waals surface area (Å²) in [4.78, 5) is 49.4. The topological polar surface area (TPSA) is 132 Å². The highest BCUT2D eigenvalue weighted by Gasteiger charge is 2.60. The fourth-order valence-corrected chi connectivity index (χ4v) is 7.40. The van der Waals surface area contributed by atoms with Crippen molar-refractivity contribution in [2.45, 2.75) is 30.7 Å². The number of hydrogen-bond donors (Lipinski definition) is 0. The minimum atomic E-state index is -4.26. The number of Topliss-reactive ketones (excluding diaryl/α,β-unsaturated/α-hetero) is 3. The van der Waals surface area contributed by atoms with Crippen LogP contribution in [0.2, 0.25) is 0 Å². The van der Waals surface area contributed by atoms with Crippen molar-refractivity contribution in [3.8, 4) is 0 Å².